The summed E-state index contributed by atoms with van der Waals surface area (Å²) in [5.41, 5.74) is 5.62. The van der Waals surface area contributed by atoms with Crippen molar-refractivity contribution in [2.75, 3.05) is 6.73 Å². The molecule has 4 aromatic rings. The minimum atomic E-state index is -0.124. The van der Waals surface area contributed by atoms with Gasteiger partial charge in [0.1, 0.15) is 18.2 Å². The van der Waals surface area contributed by atoms with Crippen LogP contribution < -0.4 is 9.47 Å². The smallest absolute Gasteiger partial charge is 0.231 e. The molecule has 0 radical (unpaired) electrons. The van der Waals surface area contributed by atoms with E-state index in [0.29, 0.717) is 46.9 Å². The number of ether oxygens (including phenoxy) is 2. The van der Waals surface area contributed by atoms with Crippen LogP contribution in [-0.2, 0) is 13.1 Å². The second-order valence-corrected chi connectivity index (χ2v) is 9.67. The third-order valence-electron chi connectivity index (χ3n) is 6.39. The van der Waals surface area contributed by atoms with Gasteiger partial charge in [0.2, 0.25) is 5.78 Å². The Bertz CT molecular complexity index is 1500. The van der Waals surface area contributed by atoms with E-state index in [1.54, 1.807) is 18.2 Å². The van der Waals surface area contributed by atoms with E-state index in [1.807, 2.05) is 60.7 Å². The Labute approximate surface area is 219 Å². The standard InChI is InChI=1S/C30H21Cl2NO3/c31-25-12-8-20(14-26(25)32)16-33-17-24-27(35-18-33)13-11-23-29(34)28(36-30(23)24)15-19-6-9-22(10-7-19)21-4-2-1-3-5-21/h1-15H,16-18H2/b28-15-. The van der Waals surface area contributed by atoms with Crippen LogP contribution in [0.4, 0.5) is 0 Å². The predicted octanol–water partition coefficient (Wildman–Crippen LogP) is 7.63. The van der Waals surface area contributed by atoms with Gasteiger partial charge in [-0.3, -0.25) is 9.69 Å². The fourth-order valence-corrected chi connectivity index (χ4v) is 4.88. The first-order chi connectivity index (χ1) is 17.5. The second-order valence-electron chi connectivity index (χ2n) is 8.86. The number of carbonyl (C=O) groups is 1. The van der Waals surface area contributed by atoms with Crippen molar-refractivity contribution in [3.63, 3.8) is 0 Å². The third-order valence-corrected chi connectivity index (χ3v) is 7.13. The zero-order valence-corrected chi connectivity index (χ0v) is 20.7. The van der Waals surface area contributed by atoms with Crippen LogP contribution in [0.3, 0.4) is 0 Å². The summed E-state index contributed by atoms with van der Waals surface area (Å²) in [6.07, 6.45) is 1.79. The Balaban J connectivity index is 1.23. The zero-order valence-electron chi connectivity index (χ0n) is 19.2. The van der Waals surface area contributed by atoms with Gasteiger partial charge in [0, 0.05) is 13.1 Å². The van der Waals surface area contributed by atoms with E-state index in [0.717, 1.165) is 33.6 Å². The van der Waals surface area contributed by atoms with Crippen LogP contribution in [0, 0.1) is 0 Å². The van der Waals surface area contributed by atoms with Crippen molar-refractivity contribution in [2.45, 2.75) is 13.1 Å². The molecule has 0 saturated heterocycles. The van der Waals surface area contributed by atoms with Gasteiger partial charge in [-0.15, -0.1) is 0 Å². The molecular weight excluding hydrogens is 493 g/mol. The molecule has 6 heteroatoms. The molecule has 4 aromatic carbocycles. The van der Waals surface area contributed by atoms with Crippen molar-refractivity contribution in [1.29, 1.82) is 0 Å². The van der Waals surface area contributed by atoms with Gasteiger partial charge < -0.3 is 9.47 Å². The number of nitrogens with zero attached hydrogens (tertiary/aromatic N) is 1. The normalized spacial score (nSPS) is 15.8. The van der Waals surface area contributed by atoms with E-state index in [-0.39, 0.29) is 5.78 Å². The number of halogens is 2. The molecule has 0 aromatic heterocycles. The van der Waals surface area contributed by atoms with Gasteiger partial charge in [-0.2, -0.15) is 0 Å². The maximum atomic E-state index is 13.1. The van der Waals surface area contributed by atoms with Crippen LogP contribution >= 0.6 is 23.2 Å². The molecule has 6 rings (SSSR count). The Morgan fingerprint density at radius 1 is 0.861 bits per heavy atom. The lowest BCUT2D eigenvalue weighted by Crippen LogP contribution is -2.31. The third kappa shape index (κ3) is 4.40. The molecular formula is C30H21Cl2NO3. The number of allylic oxidation sites excluding steroid dienone is 1. The first-order valence-corrected chi connectivity index (χ1v) is 12.4. The van der Waals surface area contributed by atoms with Crippen molar-refractivity contribution in [3.8, 4) is 22.6 Å². The van der Waals surface area contributed by atoms with Gasteiger partial charge in [-0.05, 0) is 52.6 Å². The number of fused-ring (bicyclic) bond motifs is 3. The summed E-state index contributed by atoms with van der Waals surface area (Å²) in [4.78, 5) is 15.3. The number of benzene rings is 4. The van der Waals surface area contributed by atoms with Crippen LogP contribution in [0.2, 0.25) is 10.0 Å². The monoisotopic (exact) mass is 513 g/mol. The summed E-state index contributed by atoms with van der Waals surface area (Å²) in [6, 6.07) is 27.5. The van der Waals surface area contributed by atoms with Crippen LogP contribution in [0.5, 0.6) is 11.5 Å². The number of hydrogen-bond acceptors (Lipinski definition) is 4. The Hall–Kier alpha value is -3.57. The number of carbonyl (C=O) groups excluding carboxylic acids is 1. The molecule has 4 nitrogen and oxygen atoms in total. The fraction of sp³-hybridized carbons (Fsp3) is 0.100. The van der Waals surface area contributed by atoms with Crippen LogP contribution in [-0.4, -0.2) is 17.4 Å². The fourth-order valence-electron chi connectivity index (χ4n) is 4.56. The van der Waals surface area contributed by atoms with E-state index in [1.165, 1.54) is 0 Å². The van der Waals surface area contributed by atoms with E-state index in [4.69, 9.17) is 32.7 Å². The molecule has 0 bridgehead atoms. The van der Waals surface area contributed by atoms with Crippen molar-refractivity contribution < 1.29 is 14.3 Å². The minimum absolute atomic E-state index is 0.124. The van der Waals surface area contributed by atoms with Gasteiger partial charge in [0.15, 0.2) is 5.76 Å². The van der Waals surface area contributed by atoms with Crippen molar-refractivity contribution in [3.05, 3.63) is 123 Å². The molecule has 0 aliphatic carbocycles. The van der Waals surface area contributed by atoms with Gasteiger partial charge >= 0.3 is 0 Å². The number of hydrogen-bond donors (Lipinski definition) is 0. The molecule has 2 aliphatic rings. The first-order valence-electron chi connectivity index (χ1n) is 11.6. The average Bonchev–Trinajstić information content (AvgIpc) is 3.22. The number of rotatable bonds is 4. The maximum Gasteiger partial charge on any atom is 0.231 e. The summed E-state index contributed by atoms with van der Waals surface area (Å²) in [5.74, 6) is 1.50. The predicted molar refractivity (Wildman–Crippen MR) is 142 cm³/mol. The van der Waals surface area contributed by atoms with E-state index in [2.05, 4.69) is 17.0 Å². The molecule has 0 unspecified atom stereocenters. The highest BCUT2D eigenvalue weighted by Crippen LogP contribution is 2.42. The zero-order chi connectivity index (χ0) is 24.6. The van der Waals surface area contributed by atoms with Crippen LogP contribution in [0.1, 0.15) is 27.0 Å². The van der Waals surface area contributed by atoms with Crippen LogP contribution in [0.15, 0.2) is 90.7 Å². The molecule has 0 amide bonds. The molecule has 0 fully saturated rings. The van der Waals surface area contributed by atoms with Gasteiger partial charge in [-0.25, -0.2) is 0 Å². The van der Waals surface area contributed by atoms with E-state index >= 15 is 0 Å². The van der Waals surface area contributed by atoms with Crippen molar-refractivity contribution in [1.82, 2.24) is 4.90 Å². The lowest BCUT2D eigenvalue weighted by molar-refractivity contribution is 0.0873. The Kier molecular flexibility index (Phi) is 6.02. The first kappa shape index (κ1) is 22.9. The molecule has 178 valence electrons. The summed E-state index contributed by atoms with van der Waals surface area (Å²) in [5, 5.41) is 1.05. The topological polar surface area (TPSA) is 38.8 Å². The minimum Gasteiger partial charge on any atom is -0.478 e. The van der Waals surface area contributed by atoms with Gasteiger partial charge in [0.05, 0.1) is 21.2 Å². The van der Waals surface area contributed by atoms with E-state index in [9.17, 15) is 4.79 Å². The largest absolute Gasteiger partial charge is 0.478 e. The molecule has 0 atom stereocenters. The lowest BCUT2D eigenvalue weighted by atomic mass is 10.0. The molecule has 0 spiro atoms. The van der Waals surface area contributed by atoms with Gasteiger partial charge in [-0.1, -0.05) is 83.9 Å². The number of ketones is 1. The second kappa shape index (κ2) is 9.47. The maximum absolute atomic E-state index is 13.1. The highest BCUT2D eigenvalue weighted by Gasteiger charge is 2.33. The van der Waals surface area contributed by atoms with Gasteiger partial charge in [0.25, 0.3) is 0 Å². The van der Waals surface area contributed by atoms with Crippen LogP contribution in [0.25, 0.3) is 17.2 Å². The molecule has 0 saturated carbocycles. The van der Waals surface area contributed by atoms with E-state index < -0.39 is 0 Å². The highest BCUT2D eigenvalue weighted by molar-refractivity contribution is 6.42. The molecule has 36 heavy (non-hydrogen) atoms. The lowest BCUT2D eigenvalue weighted by Gasteiger charge is -2.29. The summed E-state index contributed by atoms with van der Waals surface area (Å²) in [7, 11) is 0. The number of Topliss-reactive ketones (excluding diaryl/α,β-unsaturated/α-hetero) is 1. The Morgan fingerprint density at radius 2 is 1.64 bits per heavy atom. The summed E-state index contributed by atoms with van der Waals surface area (Å²) in [6.45, 7) is 1.64. The molecule has 2 aliphatic heterocycles. The summed E-state index contributed by atoms with van der Waals surface area (Å²) < 4.78 is 12.1. The van der Waals surface area contributed by atoms with Crippen molar-refractivity contribution in [2.24, 2.45) is 0 Å². The molecule has 2 heterocycles. The SMILES string of the molecule is O=C1/C(=C/c2ccc(-c3ccccc3)cc2)Oc2c1ccc1c2CN(Cc2ccc(Cl)c(Cl)c2)CO1. The highest BCUT2D eigenvalue weighted by atomic mass is 35.5. The Morgan fingerprint density at radius 3 is 2.42 bits per heavy atom. The molecule has 0 N–H and O–H groups in total. The average molecular weight is 514 g/mol. The summed E-state index contributed by atoms with van der Waals surface area (Å²) >= 11 is 12.2. The quantitative estimate of drug-likeness (QED) is 0.263. The van der Waals surface area contributed by atoms with Crippen molar-refractivity contribution >= 4 is 35.1 Å².